The van der Waals surface area contributed by atoms with E-state index in [0.29, 0.717) is 32.3 Å². The van der Waals surface area contributed by atoms with Crippen molar-refractivity contribution < 1.29 is 19.1 Å². The molecule has 1 aliphatic heterocycles. The molecule has 0 atom stereocenters. The van der Waals surface area contributed by atoms with E-state index in [-0.39, 0.29) is 24.6 Å². The second-order valence-electron chi connectivity index (χ2n) is 7.82. The Balaban J connectivity index is 1.24. The van der Waals surface area contributed by atoms with Gasteiger partial charge in [0.1, 0.15) is 19.0 Å². The number of hydrogen-bond acceptors (Lipinski definition) is 4. The van der Waals surface area contributed by atoms with Gasteiger partial charge in [0.15, 0.2) is 0 Å². The van der Waals surface area contributed by atoms with E-state index in [4.69, 9.17) is 9.47 Å². The molecule has 1 aromatic carbocycles. The highest BCUT2D eigenvalue weighted by atomic mass is 16.5. The van der Waals surface area contributed by atoms with Crippen LogP contribution >= 0.6 is 0 Å². The average Bonchev–Trinajstić information content (AvgIpc) is 2.75. The van der Waals surface area contributed by atoms with Crippen LogP contribution in [-0.2, 0) is 9.53 Å². The van der Waals surface area contributed by atoms with Crippen LogP contribution in [0.1, 0.15) is 44.9 Å². The molecule has 7 nitrogen and oxygen atoms in total. The number of para-hydroxylation sites is 1. The molecule has 1 aromatic rings. The number of piperidine rings is 1. The van der Waals surface area contributed by atoms with Gasteiger partial charge in [0.25, 0.3) is 0 Å². The number of benzene rings is 1. The molecule has 0 bridgehead atoms. The van der Waals surface area contributed by atoms with Crippen molar-refractivity contribution in [2.45, 2.75) is 57.0 Å². The highest BCUT2D eigenvalue weighted by Gasteiger charge is 2.24. The molecule has 0 radical (unpaired) electrons. The van der Waals surface area contributed by atoms with Gasteiger partial charge in [-0.2, -0.15) is 0 Å². The zero-order valence-corrected chi connectivity index (χ0v) is 17.1. The number of urea groups is 1. The lowest BCUT2D eigenvalue weighted by Gasteiger charge is -2.33. The van der Waals surface area contributed by atoms with Gasteiger partial charge in [-0.15, -0.1) is 0 Å². The third kappa shape index (κ3) is 7.57. The summed E-state index contributed by atoms with van der Waals surface area (Å²) in [6, 6.07) is 9.91. The molecule has 1 aliphatic carbocycles. The number of nitrogens with one attached hydrogen (secondary N) is 2. The van der Waals surface area contributed by atoms with Crippen molar-refractivity contribution in [2.75, 3.05) is 32.9 Å². The molecule has 29 heavy (non-hydrogen) atoms. The normalized spacial score (nSPS) is 18.3. The summed E-state index contributed by atoms with van der Waals surface area (Å²) in [6.45, 7) is 2.16. The molecule has 2 aliphatic rings. The number of likely N-dealkylation sites (tertiary alicyclic amines) is 1. The molecule has 1 saturated heterocycles. The van der Waals surface area contributed by atoms with Crippen molar-refractivity contribution in [1.82, 2.24) is 15.5 Å². The lowest BCUT2D eigenvalue weighted by Crippen LogP contribution is -2.51. The van der Waals surface area contributed by atoms with Crippen LogP contribution in [0.25, 0.3) is 0 Å². The molecule has 2 fully saturated rings. The number of carbonyl (C=O) groups is 2. The first-order valence-corrected chi connectivity index (χ1v) is 10.8. The maximum absolute atomic E-state index is 12.3. The van der Waals surface area contributed by atoms with Crippen molar-refractivity contribution >= 4 is 11.9 Å². The first kappa shape index (κ1) is 21.4. The summed E-state index contributed by atoms with van der Waals surface area (Å²) in [5.74, 6) is 0.791. The number of nitrogens with zero attached hydrogens (tertiary/aromatic N) is 1. The molecule has 0 unspecified atom stereocenters. The van der Waals surface area contributed by atoms with Crippen LogP contribution in [0.15, 0.2) is 30.3 Å². The number of hydrogen-bond donors (Lipinski definition) is 2. The van der Waals surface area contributed by atoms with E-state index < -0.39 is 0 Å². The lowest BCUT2D eigenvalue weighted by molar-refractivity contribution is -0.137. The molecule has 0 spiro atoms. The minimum absolute atomic E-state index is 0.00480. The minimum atomic E-state index is -0.0663. The first-order valence-electron chi connectivity index (χ1n) is 10.8. The summed E-state index contributed by atoms with van der Waals surface area (Å²) < 4.78 is 11.0. The Hall–Kier alpha value is -2.28. The molecule has 7 heteroatoms. The summed E-state index contributed by atoms with van der Waals surface area (Å²) in [4.78, 5) is 26.3. The predicted octanol–water partition coefficient (Wildman–Crippen LogP) is 2.70. The molecular weight excluding hydrogens is 370 g/mol. The van der Waals surface area contributed by atoms with Crippen molar-refractivity contribution in [3.63, 3.8) is 0 Å². The number of carbonyl (C=O) groups excluding carboxylic acids is 2. The van der Waals surface area contributed by atoms with Gasteiger partial charge in [-0.05, 0) is 37.8 Å². The number of amides is 3. The highest BCUT2D eigenvalue weighted by molar-refractivity contribution is 5.77. The first-order chi connectivity index (χ1) is 14.2. The fraction of sp³-hybridized carbons (Fsp3) is 0.636. The lowest BCUT2D eigenvalue weighted by atomic mass is 9.96. The Bertz CT molecular complexity index is 626. The summed E-state index contributed by atoms with van der Waals surface area (Å²) in [6.07, 6.45) is 7.39. The highest BCUT2D eigenvalue weighted by Crippen LogP contribution is 2.17. The van der Waals surface area contributed by atoms with E-state index >= 15 is 0 Å². The number of rotatable bonds is 8. The third-order valence-corrected chi connectivity index (χ3v) is 5.59. The molecule has 0 aromatic heterocycles. The molecule has 2 N–H and O–H groups in total. The third-order valence-electron chi connectivity index (χ3n) is 5.59. The van der Waals surface area contributed by atoms with Gasteiger partial charge >= 0.3 is 6.03 Å². The quantitative estimate of drug-likeness (QED) is 0.654. The topological polar surface area (TPSA) is 79.9 Å². The Morgan fingerprint density at radius 2 is 1.55 bits per heavy atom. The molecule has 3 amide bonds. The van der Waals surface area contributed by atoms with Crippen molar-refractivity contribution in [3.8, 4) is 5.75 Å². The van der Waals surface area contributed by atoms with E-state index in [1.807, 2.05) is 35.2 Å². The van der Waals surface area contributed by atoms with Crippen LogP contribution in [0.4, 0.5) is 4.79 Å². The molecule has 1 heterocycles. The second-order valence-corrected chi connectivity index (χ2v) is 7.82. The van der Waals surface area contributed by atoms with E-state index in [2.05, 4.69) is 10.6 Å². The van der Waals surface area contributed by atoms with Crippen molar-refractivity contribution in [1.29, 1.82) is 0 Å². The zero-order chi connectivity index (χ0) is 20.3. The second kappa shape index (κ2) is 11.7. The Morgan fingerprint density at radius 3 is 2.24 bits per heavy atom. The fourth-order valence-electron chi connectivity index (χ4n) is 3.92. The van der Waals surface area contributed by atoms with Crippen LogP contribution < -0.4 is 15.4 Å². The minimum Gasteiger partial charge on any atom is -0.491 e. The van der Waals surface area contributed by atoms with Crippen LogP contribution in [-0.4, -0.2) is 61.8 Å². The van der Waals surface area contributed by atoms with Gasteiger partial charge in [0, 0.05) is 25.2 Å². The van der Waals surface area contributed by atoms with E-state index in [0.717, 1.165) is 31.4 Å². The fourth-order valence-corrected chi connectivity index (χ4v) is 3.92. The van der Waals surface area contributed by atoms with Gasteiger partial charge in [0.05, 0.1) is 6.61 Å². The average molecular weight is 404 g/mol. The smallest absolute Gasteiger partial charge is 0.315 e. The summed E-state index contributed by atoms with van der Waals surface area (Å²) in [5, 5.41) is 6.15. The zero-order valence-electron chi connectivity index (χ0n) is 17.1. The Kier molecular flexibility index (Phi) is 8.61. The molecule has 160 valence electrons. The maximum Gasteiger partial charge on any atom is 0.315 e. The van der Waals surface area contributed by atoms with Gasteiger partial charge in [-0.25, -0.2) is 4.79 Å². The molecular formula is C22H33N3O4. The van der Waals surface area contributed by atoms with Crippen molar-refractivity contribution in [3.05, 3.63) is 30.3 Å². The number of ether oxygens (including phenoxy) is 2. The monoisotopic (exact) mass is 403 g/mol. The summed E-state index contributed by atoms with van der Waals surface area (Å²) in [7, 11) is 0. The van der Waals surface area contributed by atoms with E-state index in [9.17, 15) is 9.59 Å². The predicted molar refractivity (Wildman–Crippen MR) is 111 cm³/mol. The van der Waals surface area contributed by atoms with Crippen LogP contribution in [0.3, 0.4) is 0 Å². The van der Waals surface area contributed by atoms with E-state index in [1.54, 1.807) is 0 Å². The van der Waals surface area contributed by atoms with Gasteiger partial charge < -0.3 is 25.0 Å². The standard InChI is InChI=1S/C22H33N3O4/c26-21(17-28-15-16-29-20-9-5-2-6-10-20)25-13-11-19(12-14-25)24-22(27)23-18-7-3-1-4-8-18/h2,5-6,9-10,18-19H,1,3-4,7-8,11-17H2,(H2,23,24,27). The van der Waals surface area contributed by atoms with E-state index in [1.165, 1.54) is 19.3 Å². The van der Waals surface area contributed by atoms with Crippen LogP contribution in [0.2, 0.25) is 0 Å². The summed E-state index contributed by atoms with van der Waals surface area (Å²) in [5.41, 5.74) is 0. The molecule has 1 saturated carbocycles. The van der Waals surface area contributed by atoms with Gasteiger partial charge in [-0.1, -0.05) is 37.5 Å². The maximum atomic E-state index is 12.3. The Morgan fingerprint density at radius 1 is 0.897 bits per heavy atom. The Labute approximate surface area is 173 Å². The van der Waals surface area contributed by atoms with Crippen LogP contribution in [0, 0.1) is 0 Å². The van der Waals surface area contributed by atoms with Crippen LogP contribution in [0.5, 0.6) is 5.75 Å². The SMILES string of the molecule is O=C(NC1CCCCC1)NC1CCN(C(=O)COCCOc2ccccc2)CC1. The van der Waals surface area contributed by atoms with Crippen molar-refractivity contribution in [2.24, 2.45) is 0 Å². The summed E-state index contributed by atoms with van der Waals surface area (Å²) >= 11 is 0. The largest absolute Gasteiger partial charge is 0.491 e. The van der Waals surface area contributed by atoms with Gasteiger partial charge in [-0.3, -0.25) is 4.79 Å². The van der Waals surface area contributed by atoms with Gasteiger partial charge in [0.2, 0.25) is 5.91 Å². The molecule has 3 rings (SSSR count).